The van der Waals surface area contributed by atoms with Crippen molar-refractivity contribution in [1.29, 1.82) is 0 Å². The van der Waals surface area contributed by atoms with Crippen LogP contribution in [0.5, 0.6) is 0 Å². The number of rotatable bonds is 4. The number of nitrogens with two attached hydrogens (primary N) is 1. The van der Waals surface area contributed by atoms with Gasteiger partial charge in [-0.1, -0.05) is 28.9 Å². The van der Waals surface area contributed by atoms with Crippen LogP contribution in [0.2, 0.25) is 0 Å². The van der Waals surface area contributed by atoms with Gasteiger partial charge in [0.25, 0.3) is 0 Å². The van der Waals surface area contributed by atoms with E-state index < -0.39 is 17.4 Å². The third-order valence-corrected chi connectivity index (χ3v) is 3.84. The molecule has 1 saturated heterocycles. The van der Waals surface area contributed by atoms with Crippen LogP contribution >= 0.6 is 15.9 Å². The standard InChI is InChI=1S/C13H16BrNO3/c1-2-9(12(16)17)10-5-8(14)3-4-11(10)13(15)6-18-7-13/h3-5,9H,2,6-7,15H2,1H3,(H,16,17). The predicted molar refractivity (Wildman–Crippen MR) is 71.5 cm³/mol. The fraction of sp³-hybridized carbons (Fsp3) is 0.462. The van der Waals surface area contributed by atoms with E-state index in [0.29, 0.717) is 19.6 Å². The van der Waals surface area contributed by atoms with E-state index in [0.717, 1.165) is 15.6 Å². The van der Waals surface area contributed by atoms with E-state index in [2.05, 4.69) is 15.9 Å². The van der Waals surface area contributed by atoms with Crippen LogP contribution in [0.3, 0.4) is 0 Å². The fourth-order valence-electron chi connectivity index (χ4n) is 2.28. The Balaban J connectivity index is 2.49. The van der Waals surface area contributed by atoms with Crippen LogP contribution in [0.4, 0.5) is 0 Å². The topological polar surface area (TPSA) is 72.5 Å². The molecule has 3 N–H and O–H groups in total. The summed E-state index contributed by atoms with van der Waals surface area (Å²) in [5.74, 6) is -1.35. The summed E-state index contributed by atoms with van der Waals surface area (Å²) in [6.45, 7) is 2.75. The van der Waals surface area contributed by atoms with Gasteiger partial charge in [-0.05, 0) is 29.7 Å². The molecule has 0 saturated carbocycles. The lowest BCUT2D eigenvalue weighted by Gasteiger charge is -2.40. The van der Waals surface area contributed by atoms with Crippen molar-refractivity contribution in [1.82, 2.24) is 0 Å². The number of carbonyl (C=O) groups is 1. The molecule has 1 atom stereocenters. The highest BCUT2D eigenvalue weighted by Gasteiger charge is 2.39. The van der Waals surface area contributed by atoms with Crippen LogP contribution in [0.1, 0.15) is 30.4 Å². The van der Waals surface area contributed by atoms with E-state index in [4.69, 9.17) is 10.5 Å². The Morgan fingerprint density at radius 3 is 2.72 bits per heavy atom. The van der Waals surface area contributed by atoms with E-state index in [-0.39, 0.29) is 0 Å². The van der Waals surface area contributed by atoms with Crippen LogP contribution < -0.4 is 5.73 Å². The van der Waals surface area contributed by atoms with Crippen LogP contribution in [-0.2, 0) is 15.1 Å². The summed E-state index contributed by atoms with van der Waals surface area (Å²) in [5.41, 5.74) is 7.35. The maximum absolute atomic E-state index is 11.3. The molecule has 0 aliphatic carbocycles. The molecular weight excluding hydrogens is 298 g/mol. The van der Waals surface area contributed by atoms with E-state index in [1.807, 2.05) is 25.1 Å². The van der Waals surface area contributed by atoms with Gasteiger partial charge in [0.1, 0.15) is 0 Å². The molecule has 0 aromatic heterocycles. The highest BCUT2D eigenvalue weighted by molar-refractivity contribution is 9.10. The molecule has 1 heterocycles. The number of carboxylic acid groups (broad SMARTS) is 1. The number of carboxylic acids is 1. The monoisotopic (exact) mass is 313 g/mol. The lowest BCUT2D eigenvalue weighted by Crippen LogP contribution is -2.55. The summed E-state index contributed by atoms with van der Waals surface area (Å²) < 4.78 is 6.03. The van der Waals surface area contributed by atoms with E-state index in [1.54, 1.807) is 0 Å². The highest BCUT2D eigenvalue weighted by atomic mass is 79.9. The van der Waals surface area contributed by atoms with Crippen LogP contribution in [0.15, 0.2) is 22.7 Å². The molecule has 0 radical (unpaired) electrons. The molecule has 4 nitrogen and oxygen atoms in total. The molecule has 18 heavy (non-hydrogen) atoms. The number of benzene rings is 1. The van der Waals surface area contributed by atoms with Gasteiger partial charge in [-0.15, -0.1) is 0 Å². The Hall–Kier alpha value is -0.910. The molecule has 0 spiro atoms. The Kier molecular flexibility index (Phi) is 3.75. The predicted octanol–water partition coefficient (Wildman–Crippen LogP) is 2.21. The molecule has 1 aliphatic heterocycles. The Morgan fingerprint density at radius 1 is 1.61 bits per heavy atom. The van der Waals surface area contributed by atoms with Crippen molar-refractivity contribution >= 4 is 21.9 Å². The van der Waals surface area contributed by atoms with Crippen molar-refractivity contribution in [2.24, 2.45) is 5.73 Å². The molecule has 1 fully saturated rings. The summed E-state index contributed by atoms with van der Waals surface area (Å²) in [5, 5.41) is 9.31. The largest absolute Gasteiger partial charge is 0.481 e. The van der Waals surface area contributed by atoms with E-state index >= 15 is 0 Å². The first kappa shape index (κ1) is 13.5. The van der Waals surface area contributed by atoms with Gasteiger partial charge in [0.15, 0.2) is 0 Å². The van der Waals surface area contributed by atoms with Crippen LogP contribution in [0, 0.1) is 0 Å². The average molecular weight is 314 g/mol. The Morgan fingerprint density at radius 2 is 2.28 bits per heavy atom. The van der Waals surface area contributed by atoms with Gasteiger partial charge in [0.2, 0.25) is 0 Å². The highest BCUT2D eigenvalue weighted by Crippen LogP contribution is 2.35. The lowest BCUT2D eigenvalue weighted by atomic mass is 9.81. The third-order valence-electron chi connectivity index (χ3n) is 3.35. The van der Waals surface area contributed by atoms with Crippen molar-refractivity contribution in [3.05, 3.63) is 33.8 Å². The second-order valence-corrected chi connectivity index (χ2v) is 5.60. The van der Waals surface area contributed by atoms with Gasteiger partial charge in [-0.25, -0.2) is 0 Å². The smallest absolute Gasteiger partial charge is 0.310 e. The third kappa shape index (κ3) is 2.30. The molecule has 2 rings (SSSR count). The van der Waals surface area contributed by atoms with Crippen LogP contribution in [0.25, 0.3) is 0 Å². The van der Waals surface area contributed by atoms with Crippen molar-refractivity contribution in [2.45, 2.75) is 24.8 Å². The normalized spacial score (nSPS) is 19.1. The molecule has 1 aliphatic rings. The minimum atomic E-state index is -0.819. The molecule has 1 aromatic rings. The molecule has 98 valence electrons. The molecule has 0 bridgehead atoms. The first-order chi connectivity index (χ1) is 8.48. The fourth-order valence-corrected chi connectivity index (χ4v) is 2.66. The van der Waals surface area contributed by atoms with Crippen molar-refractivity contribution in [2.75, 3.05) is 13.2 Å². The second-order valence-electron chi connectivity index (χ2n) is 4.68. The van der Waals surface area contributed by atoms with Crippen molar-refractivity contribution < 1.29 is 14.6 Å². The summed E-state index contributed by atoms with van der Waals surface area (Å²) >= 11 is 3.38. The molecular formula is C13H16BrNO3. The number of hydrogen-bond acceptors (Lipinski definition) is 3. The first-order valence-corrected chi connectivity index (χ1v) is 6.66. The van der Waals surface area contributed by atoms with Gasteiger partial charge >= 0.3 is 5.97 Å². The molecule has 0 amide bonds. The first-order valence-electron chi connectivity index (χ1n) is 5.87. The summed E-state index contributed by atoms with van der Waals surface area (Å²) in [7, 11) is 0. The van der Waals surface area contributed by atoms with E-state index in [9.17, 15) is 9.90 Å². The van der Waals surface area contributed by atoms with Gasteiger partial charge in [0, 0.05) is 4.47 Å². The zero-order valence-electron chi connectivity index (χ0n) is 10.1. The number of halogens is 1. The Labute approximate surface area is 114 Å². The van der Waals surface area contributed by atoms with Crippen LogP contribution in [-0.4, -0.2) is 24.3 Å². The van der Waals surface area contributed by atoms with Gasteiger partial charge < -0.3 is 15.6 Å². The minimum absolute atomic E-state index is 0.442. The second kappa shape index (κ2) is 4.99. The molecule has 5 heteroatoms. The zero-order chi connectivity index (χ0) is 13.3. The summed E-state index contributed by atoms with van der Waals surface area (Å²) in [6, 6.07) is 5.64. The molecule has 1 unspecified atom stereocenters. The van der Waals surface area contributed by atoms with Gasteiger partial charge in [-0.3, -0.25) is 4.79 Å². The number of ether oxygens (including phenoxy) is 1. The quantitative estimate of drug-likeness (QED) is 0.894. The maximum atomic E-state index is 11.3. The maximum Gasteiger partial charge on any atom is 0.310 e. The average Bonchev–Trinajstić information content (AvgIpc) is 2.27. The Bertz CT molecular complexity index is 471. The zero-order valence-corrected chi connectivity index (χ0v) is 11.7. The minimum Gasteiger partial charge on any atom is -0.481 e. The SMILES string of the molecule is CCC(C(=O)O)c1cc(Br)ccc1C1(N)COC1. The van der Waals surface area contributed by atoms with Gasteiger partial charge in [0.05, 0.1) is 24.7 Å². The van der Waals surface area contributed by atoms with Gasteiger partial charge in [-0.2, -0.15) is 0 Å². The molecule has 1 aromatic carbocycles. The number of hydrogen-bond donors (Lipinski definition) is 2. The summed E-state index contributed by atoms with van der Waals surface area (Å²) in [4.78, 5) is 11.3. The lowest BCUT2D eigenvalue weighted by molar-refractivity contribution is -0.139. The summed E-state index contributed by atoms with van der Waals surface area (Å²) in [6.07, 6.45) is 0.537. The number of aliphatic carboxylic acids is 1. The van der Waals surface area contributed by atoms with E-state index in [1.165, 1.54) is 0 Å². The van der Waals surface area contributed by atoms with Crippen molar-refractivity contribution in [3.63, 3.8) is 0 Å². The van der Waals surface area contributed by atoms with Crippen molar-refractivity contribution in [3.8, 4) is 0 Å².